The number of likely N-dealkylation sites (tertiary alicyclic amines) is 1. The summed E-state index contributed by atoms with van der Waals surface area (Å²) >= 11 is 0. The number of hydrogen-bond acceptors (Lipinski definition) is 4. The Morgan fingerprint density at radius 3 is 2.44 bits per heavy atom. The zero-order valence-corrected chi connectivity index (χ0v) is 16.1. The predicted octanol–water partition coefficient (Wildman–Crippen LogP) is 2.61. The number of nitrogens with one attached hydrogen (secondary N) is 1. The molecule has 1 aromatic carbocycles. The molecule has 5 nitrogen and oxygen atoms in total. The number of carbonyl (C=O) groups excluding carboxylic acids is 1. The van der Waals surface area contributed by atoms with Gasteiger partial charge >= 0.3 is 0 Å². The molecule has 2 atom stereocenters. The van der Waals surface area contributed by atoms with Gasteiger partial charge in [0.05, 0.1) is 6.10 Å². The molecule has 2 fully saturated rings. The van der Waals surface area contributed by atoms with Gasteiger partial charge in [-0.05, 0) is 62.9 Å². The number of nitrogens with zero attached hydrogens (tertiary/aromatic N) is 1. The molecule has 1 amide bonds. The van der Waals surface area contributed by atoms with Crippen LogP contribution in [0.25, 0.3) is 0 Å². The summed E-state index contributed by atoms with van der Waals surface area (Å²) in [4.78, 5) is 14.7. The summed E-state index contributed by atoms with van der Waals surface area (Å²) in [7, 11) is 0. The zero-order chi connectivity index (χ0) is 16.1. The van der Waals surface area contributed by atoms with Crippen LogP contribution < -0.4 is 11.1 Å². The van der Waals surface area contributed by atoms with Gasteiger partial charge in [-0.2, -0.15) is 0 Å². The van der Waals surface area contributed by atoms with E-state index in [9.17, 15) is 4.79 Å². The van der Waals surface area contributed by atoms with Crippen molar-refractivity contribution >= 4 is 36.4 Å². The van der Waals surface area contributed by atoms with Gasteiger partial charge in [-0.3, -0.25) is 4.79 Å². The maximum Gasteiger partial charge on any atom is 0.253 e. The van der Waals surface area contributed by atoms with E-state index in [1.807, 2.05) is 12.1 Å². The minimum atomic E-state index is -0.363. The molecule has 0 spiro atoms. The maximum absolute atomic E-state index is 12.2. The number of rotatable bonds is 6. The van der Waals surface area contributed by atoms with E-state index < -0.39 is 0 Å². The van der Waals surface area contributed by atoms with E-state index in [-0.39, 0.29) is 42.9 Å². The Kier molecular flexibility index (Phi) is 9.75. The lowest BCUT2D eigenvalue weighted by Crippen LogP contribution is -2.29. The Labute approximate surface area is 162 Å². The lowest BCUT2D eigenvalue weighted by atomic mass is 10.1. The van der Waals surface area contributed by atoms with E-state index in [4.69, 9.17) is 10.5 Å². The fraction of sp³-hybridized carbons (Fsp3) is 0.611. The quantitative estimate of drug-likeness (QED) is 0.784. The Bertz CT molecular complexity index is 522. The second kappa shape index (κ2) is 11.0. The van der Waals surface area contributed by atoms with Crippen LogP contribution in [0, 0.1) is 0 Å². The third-order valence-electron chi connectivity index (χ3n) is 4.80. The highest BCUT2D eigenvalue weighted by Gasteiger charge is 2.29. The Hall–Kier alpha value is -0.850. The van der Waals surface area contributed by atoms with Crippen molar-refractivity contribution in [2.45, 2.75) is 44.3 Å². The van der Waals surface area contributed by atoms with Crippen LogP contribution in [-0.2, 0) is 16.0 Å². The van der Waals surface area contributed by atoms with Crippen LogP contribution in [0.1, 0.15) is 31.2 Å². The van der Waals surface area contributed by atoms with Crippen molar-refractivity contribution in [3.05, 3.63) is 29.8 Å². The molecule has 25 heavy (non-hydrogen) atoms. The number of nitrogens with two attached hydrogens (primary N) is 1. The van der Waals surface area contributed by atoms with Crippen molar-refractivity contribution in [2.75, 3.05) is 31.5 Å². The first kappa shape index (κ1) is 22.2. The molecular formula is C18H29Cl2N3O2. The molecule has 3 N–H and O–H groups in total. The van der Waals surface area contributed by atoms with E-state index in [1.54, 1.807) is 0 Å². The lowest BCUT2D eigenvalue weighted by molar-refractivity contribution is -0.126. The first-order valence-corrected chi connectivity index (χ1v) is 8.72. The molecule has 0 aliphatic carbocycles. The van der Waals surface area contributed by atoms with Crippen molar-refractivity contribution in [1.82, 2.24) is 4.90 Å². The molecule has 0 radical (unpaired) electrons. The largest absolute Gasteiger partial charge is 0.364 e. The number of carbonyl (C=O) groups is 1. The van der Waals surface area contributed by atoms with Gasteiger partial charge in [-0.25, -0.2) is 0 Å². The van der Waals surface area contributed by atoms with Crippen molar-refractivity contribution in [2.24, 2.45) is 5.73 Å². The minimum absolute atomic E-state index is 0. The third kappa shape index (κ3) is 6.42. The van der Waals surface area contributed by atoms with Crippen LogP contribution >= 0.6 is 24.8 Å². The summed E-state index contributed by atoms with van der Waals surface area (Å²) < 4.78 is 5.62. The fourth-order valence-corrected chi connectivity index (χ4v) is 3.34. The van der Waals surface area contributed by atoms with Crippen LogP contribution in [0.2, 0.25) is 0 Å². The first-order chi connectivity index (χ1) is 11.2. The number of benzene rings is 1. The molecule has 142 valence electrons. The monoisotopic (exact) mass is 389 g/mol. The van der Waals surface area contributed by atoms with Gasteiger partial charge < -0.3 is 20.7 Å². The molecule has 1 aromatic rings. The average Bonchev–Trinajstić information content (AvgIpc) is 3.25. The zero-order valence-electron chi connectivity index (χ0n) is 14.5. The minimum Gasteiger partial charge on any atom is -0.364 e. The number of hydrogen-bond donors (Lipinski definition) is 2. The summed E-state index contributed by atoms with van der Waals surface area (Å²) in [5.74, 6) is -0.0641. The van der Waals surface area contributed by atoms with Gasteiger partial charge in [0.2, 0.25) is 0 Å². The molecule has 7 heteroatoms. The van der Waals surface area contributed by atoms with Crippen molar-refractivity contribution < 1.29 is 9.53 Å². The summed E-state index contributed by atoms with van der Waals surface area (Å²) in [6.07, 6.45) is 5.01. The molecule has 0 aromatic heterocycles. The first-order valence-electron chi connectivity index (χ1n) is 8.72. The SMILES string of the molecule is Cl.Cl.NC[C@H]1CC[C@@H](C(=O)Nc2ccc(CCN3CCCC3)cc2)O1. The Morgan fingerprint density at radius 2 is 1.84 bits per heavy atom. The number of amides is 1. The molecule has 2 heterocycles. The van der Waals surface area contributed by atoms with Gasteiger partial charge in [0.15, 0.2) is 0 Å². The van der Waals surface area contributed by atoms with E-state index in [2.05, 4.69) is 22.3 Å². The summed E-state index contributed by atoms with van der Waals surface area (Å²) in [5.41, 5.74) is 7.73. The van der Waals surface area contributed by atoms with Crippen LogP contribution in [0.4, 0.5) is 5.69 Å². The molecule has 0 bridgehead atoms. The fourth-order valence-electron chi connectivity index (χ4n) is 3.34. The topological polar surface area (TPSA) is 67.6 Å². The molecular weight excluding hydrogens is 361 g/mol. The van der Waals surface area contributed by atoms with Gasteiger partial charge in [-0.1, -0.05) is 12.1 Å². The van der Waals surface area contributed by atoms with Crippen LogP contribution in [-0.4, -0.2) is 49.2 Å². The average molecular weight is 390 g/mol. The van der Waals surface area contributed by atoms with Gasteiger partial charge in [-0.15, -0.1) is 24.8 Å². The smallest absolute Gasteiger partial charge is 0.253 e. The highest BCUT2D eigenvalue weighted by Crippen LogP contribution is 2.21. The van der Waals surface area contributed by atoms with Gasteiger partial charge in [0.1, 0.15) is 6.10 Å². The highest BCUT2D eigenvalue weighted by molar-refractivity contribution is 5.94. The molecule has 2 aliphatic heterocycles. The number of ether oxygens (including phenoxy) is 1. The third-order valence-corrected chi connectivity index (χ3v) is 4.80. The lowest BCUT2D eigenvalue weighted by Gasteiger charge is -2.15. The number of halogens is 2. The Balaban J connectivity index is 0.00000156. The standard InChI is InChI=1S/C18H27N3O2.2ClH/c19-13-16-7-8-17(23-16)18(22)20-15-5-3-14(4-6-15)9-12-21-10-1-2-11-21;;/h3-6,16-17H,1-2,7-13,19H2,(H,20,22);2*1H/t16-,17+;;/m1../s1. The molecule has 0 saturated carbocycles. The maximum atomic E-state index is 12.2. The summed E-state index contributed by atoms with van der Waals surface area (Å²) in [6.45, 7) is 4.08. The summed E-state index contributed by atoms with van der Waals surface area (Å²) in [5, 5.41) is 2.94. The molecule has 3 rings (SSSR count). The van der Waals surface area contributed by atoms with Gasteiger partial charge in [0, 0.05) is 18.8 Å². The second-order valence-electron chi connectivity index (χ2n) is 6.54. The van der Waals surface area contributed by atoms with Crippen molar-refractivity contribution in [3.8, 4) is 0 Å². The van der Waals surface area contributed by atoms with Crippen molar-refractivity contribution in [3.63, 3.8) is 0 Å². The van der Waals surface area contributed by atoms with E-state index >= 15 is 0 Å². The van der Waals surface area contributed by atoms with Crippen LogP contribution in [0.3, 0.4) is 0 Å². The molecule has 0 unspecified atom stereocenters. The molecule has 2 aliphatic rings. The van der Waals surface area contributed by atoms with E-state index in [0.717, 1.165) is 31.5 Å². The normalized spacial score (nSPS) is 22.9. The second-order valence-corrected chi connectivity index (χ2v) is 6.54. The highest BCUT2D eigenvalue weighted by atomic mass is 35.5. The van der Waals surface area contributed by atoms with E-state index in [0.29, 0.717) is 6.54 Å². The Morgan fingerprint density at radius 1 is 1.16 bits per heavy atom. The molecule has 2 saturated heterocycles. The van der Waals surface area contributed by atoms with Crippen molar-refractivity contribution in [1.29, 1.82) is 0 Å². The predicted molar refractivity (Wildman–Crippen MR) is 106 cm³/mol. The van der Waals surface area contributed by atoms with E-state index in [1.165, 1.54) is 31.5 Å². The summed E-state index contributed by atoms with van der Waals surface area (Å²) in [6, 6.07) is 8.16. The van der Waals surface area contributed by atoms with Crippen LogP contribution in [0.15, 0.2) is 24.3 Å². The van der Waals surface area contributed by atoms with Crippen LogP contribution in [0.5, 0.6) is 0 Å². The number of anilines is 1. The van der Waals surface area contributed by atoms with Gasteiger partial charge in [0.25, 0.3) is 5.91 Å².